The highest BCUT2D eigenvalue weighted by Gasteiger charge is 2.32. The van der Waals surface area contributed by atoms with Crippen molar-refractivity contribution in [2.75, 3.05) is 0 Å². The molecule has 0 fully saturated rings. The van der Waals surface area contributed by atoms with Gasteiger partial charge in [-0.3, -0.25) is 0 Å². The lowest BCUT2D eigenvalue weighted by Gasteiger charge is -2.14. The summed E-state index contributed by atoms with van der Waals surface area (Å²) in [5.41, 5.74) is 21.3. The van der Waals surface area contributed by atoms with Gasteiger partial charge in [0.1, 0.15) is 0 Å². The molecule has 13 rings (SSSR count). The van der Waals surface area contributed by atoms with Crippen LogP contribution in [0.5, 0.6) is 0 Å². The van der Waals surface area contributed by atoms with E-state index in [0.717, 1.165) is 131 Å². The van der Waals surface area contributed by atoms with Crippen molar-refractivity contribution in [1.29, 1.82) is 0 Å². The Hall–Kier alpha value is -8.80. The van der Waals surface area contributed by atoms with Crippen molar-refractivity contribution in [3.8, 4) is 44.5 Å². The predicted octanol–water partition coefficient (Wildman–Crippen LogP) is 18.5. The zero-order valence-corrected chi connectivity index (χ0v) is 40.7. The van der Waals surface area contributed by atoms with Gasteiger partial charge >= 0.3 is 0 Å². The molecule has 8 bridgehead atoms. The number of rotatable bonds is 8. The number of aromatic nitrogens is 2. The van der Waals surface area contributed by atoms with E-state index in [-0.39, 0.29) is 0 Å². The summed E-state index contributed by atoms with van der Waals surface area (Å²) < 4.78 is 4.46. The van der Waals surface area contributed by atoms with E-state index >= 15 is 0 Å². The van der Waals surface area contributed by atoms with E-state index in [2.05, 4.69) is 267 Å². The molecule has 72 heavy (non-hydrogen) atoms. The van der Waals surface area contributed by atoms with Crippen molar-refractivity contribution >= 4 is 63.8 Å². The Kier molecular flexibility index (Phi) is 11.3. The van der Waals surface area contributed by atoms with Gasteiger partial charge in [0.25, 0.3) is 0 Å². The summed E-state index contributed by atoms with van der Waals surface area (Å²) in [6.07, 6.45) is 0. The Morgan fingerprint density at radius 1 is 0.181 bits per heavy atom. The van der Waals surface area contributed by atoms with Gasteiger partial charge in [-0.15, -0.1) is 22.7 Å². The van der Waals surface area contributed by atoms with Crippen molar-refractivity contribution in [2.45, 2.75) is 0 Å². The Morgan fingerprint density at radius 3 is 0.528 bits per heavy atom. The molecule has 3 aromatic heterocycles. The van der Waals surface area contributed by atoms with Crippen LogP contribution in [0.2, 0.25) is 0 Å². The van der Waals surface area contributed by atoms with E-state index in [1.54, 1.807) is 22.7 Å². The summed E-state index contributed by atoms with van der Waals surface area (Å²) in [6.45, 7) is 0. The van der Waals surface area contributed by atoms with Crippen molar-refractivity contribution in [1.82, 2.24) is 9.97 Å². The normalized spacial score (nSPS) is 12.3. The molecule has 0 amide bonds. The number of hydrogen-bond acceptors (Lipinski definition) is 4. The number of benzene rings is 8. The van der Waals surface area contributed by atoms with Crippen LogP contribution < -0.4 is 0 Å². The van der Waals surface area contributed by atoms with Crippen LogP contribution in [0.3, 0.4) is 0 Å². The molecule has 4 heteroatoms. The summed E-state index contributed by atoms with van der Waals surface area (Å²) in [5.74, 6) is 0. The van der Waals surface area contributed by atoms with Gasteiger partial charge in [0.05, 0.1) is 22.8 Å². The second-order valence-electron chi connectivity index (χ2n) is 17.9. The maximum Gasteiger partial charge on any atom is 0.0815 e. The molecule has 2 aliphatic rings. The van der Waals surface area contributed by atoms with Gasteiger partial charge in [-0.2, -0.15) is 0 Å². The largest absolute Gasteiger partial charge is 0.246 e. The van der Waals surface area contributed by atoms with Gasteiger partial charge in [0.15, 0.2) is 0 Å². The lowest BCUT2D eigenvalue weighted by Crippen LogP contribution is -1.94. The SMILES string of the molecule is c1ccc(C2=C(c3ccccc3)c3nc2c(-c2ccccc2)c2ccc(s2)c(-c2ccccc2)c2nc(c(-c4ccccc4)c4ccc(s4)c3-c3ccccc3)C(c3ccccc3)=C2c2ccccc2)cc1. The average Bonchev–Trinajstić information content (AvgIpc) is 4.29. The minimum Gasteiger partial charge on any atom is -0.246 e. The van der Waals surface area contributed by atoms with Crippen molar-refractivity contribution in [3.05, 3.63) is 312 Å². The second-order valence-corrected chi connectivity index (χ2v) is 20.0. The van der Waals surface area contributed by atoms with Crippen LogP contribution in [0, 0.1) is 0 Å². The van der Waals surface area contributed by atoms with Crippen LogP contribution >= 0.6 is 22.7 Å². The first-order chi connectivity index (χ1) is 35.8. The molecule has 5 heterocycles. The average molecular weight is 953 g/mol. The summed E-state index contributed by atoms with van der Waals surface area (Å²) >= 11 is 3.61. The summed E-state index contributed by atoms with van der Waals surface area (Å²) in [6, 6.07) is 96.2. The fourth-order valence-corrected chi connectivity index (χ4v) is 12.7. The van der Waals surface area contributed by atoms with Crippen LogP contribution in [0.4, 0.5) is 0 Å². The smallest absolute Gasteiger partial charge is 0.0815 e. The summed E-state index contributed by atoms with van der Waals surface area (Å²) in [7, 11) is 0. The summed E-state index contributed by atoms with van der Waals surface area (Å²) in [5, 5.41) is 0. The van der Waals surface area contributed by atoms with E-state index < -0.39 is 0 Å². The number of thiophene rings is 2. The molecule has 0 saturated heterocycles. The molecule has 0 N–H and O–H groups in total. The lowest BCUT2D eigenvalue weighted by molar-refractivity contribution is 1.31. The van der Waals surface area contributed by atoms with Gasteiger partial charge in [-0.1, -0.05) is 243 Å². The molecule has 2 aliphatic heterocycles. The highest BCUT2D eigenvalue weighted by molar-refractivity contribution is 7.24. The topological polar surface area (TPSA) is 25.8 Å². The third-order valence-electron chi connectivity index (χ3n) is 13.5. The molecule has 0 spiro atoms. The van der Waals surface area contributed by atoms with E-state index in [0.29, 0.717) is 0 Å². The molecular weight excluding hydrogens is 909 g/mol. The Labute approximate surface area is 427 Å². The number of nitrogens with zero attached hydrogens (tertiary/aromatic N) is 2. The molecule has 0 aliphatic carbocycles. The molecule has 2 nitrogen and oxygen atoms in total. The van der Waals surface area contributed by atoms with Gasteiger partial charge in [-0.05, 0) is 68.8 Å². The second kappa shape index (κ2) is 18.8. The predicted molar refractivity (Wildman–Crippen MR) is 306 cm³/mol. The van der Waals surface area contributed by atoms with E-state index in [9.17, 15) is 0 Å². The zero-order valence-electron chi connectivity index (χ0n) is 39.1. The van der Waals surface area contributed by atoms with Gasteiger partial charge in [-0.25, -0.2) is 9.97 Å². The Morgan fingerprint density at radius 2 is 0.347 bits per heavy atom. The molecular formula is C68H44N2S2. The summed E-state index contributed by atoms with van der Waals surface area (Å²) in [4.78, 5) is 12.1. The van der Waals surface area contributed by atoms with Gasteiger partial charge < -0.3 is 0 Å². The Balaban J connectivity index is 1.33. The van der Waals surface area contributed by atoms with Crippen molar-refractivity contribution in [2.24, 2.45) is 0 Å². The first kappa shape index (κ1) is 43.2. The Bertz CT molecular complexity index is 3490. The quantitative estimate of drug-likeness (QED) is 0.152. The molecule has 0 radical (unpaired) electrons. The maximum atomic E-state index is 6.06. The van der Waals surface area contributed by atoms with Gasteiger partial charge in [0, 0.05) is 63.3 Å². The highest BCUT2D eigenvalue weighted by Crippen LogP contribution is 2.52. The molecule has 11 aromatic rings. The van der Waals surface area contributed by atoms with Crippen molar-refractivity contribution < 1.29 is 0 Å². The molecule has 338 valence electrons. The fraction of sp³-hybridized carbons (Fsp3) is 0. The minimum atomic E-state index is 0.940. The highest BCUT2D eigenvalue weighted by atomic mass is 32.1. The third kappa shape index (κ3) is 7.75. The molecule has 0 unspecified atom stereocenters. The van der Waals surface area contributed by atoms with Crippen LogP contribution in [0.1, 0.15) is 45.0 Å². The standard InChI is InChI=1S/C68H44N2S2/c1-9-25-45(26-10-1)57-53-41-42-54(71-53)58(46-27-11-2-12-28-46)67-63(51-37-21-7-22-38-51)64(52-39-23-8-24-40-52)68(70-67)60(48-31-15-4-16-32-48)56-44-43-55(72-56)59(47-29-13-3-14-30-47)66-62(50-35-19-6-20-36-50)61(65(57)69-66)49-33-17-5-18-34-49/h1-44H. The monoisotopic (exact) mass is 952 g/mol. The first-order valence-corrected chi connectivity index (χ1v) is 26.0. The molecule has 8 aromatic carbocycles. The number of fused-ring (bicyclic) bond motifs is 8. The van der Waals surface area contributed by atoms with Gasteiger partial charge in [0.2, 0.25) is 0 Å². The maximum absolute atomic E-state index is 6.06. The lowest BCUT2D eigenvalue weighted by atomic mass is 9.88. The van der Waals surface area contributed by atoms with Crippen LogP contribution in [0.25, 0.3) is 85.6 Å². The van der Waals surface area contributed by atoms with E-state index in [1.165, 1.54) is 0 Å². The fourth-order valence-electron chi connectivity index (χ4n) is 10.4. The van der Waals surface area contributed by atoms with E-state index in [4.69, 9.17) is 9.97 Å². The van der Waals surface area contributed by atoms with Crippen molar-refractivity contribution in [3.63, 3.8) is 0 Å². The minimum absolute atomic E-state index is 0.940. The van der Waals surface area contributed by atoms with Crippen LogP contribution in [0.15, 0.2) is 267 Å². The number of hydrogen-bond donors (Lipinski definition) is 0. The first-order valence-electron chi connectivity index (χ1n) is 24.3. The van der Waals surface area contributed by atoms with Crippen LogP contribution in [-0.2, 0) is 0 Å². The molecule has 0 saturated carbocycles. The third-order valence-corrected chi connectivity index (χ3v) is 15.8. The van der Waals surface area contributed by atoms with E-state index in [1.807, 2.05) is 0 Å². The zero-order chi connectivity index (χ0) is 47.8. The van der Waals surface area contributed by atoms with Crippen LogP contribution in [-0.4, -0.2) is 9.97 Å². The molecule has 0 atom stereocenters.